The number of nitrogens with two attached hydrogens (primary N) is 1. The maximum atomic E-state index is 10.8. The second kappa shape index (κ2) is 31.1. The molecule has 1 heterocycles. The summed E-state index contributed by atoms with van der Waals surface area (Å²) in [5.74, 6) is 0. The summed E-state index contributed by atoms with van der Waals surface area (Å²) in [4.78, 5) is 44.1. The molecule has 0 unspecified atom stereocenters. The summed E-state index contributed by atoms with van der Waals surface area (Å²) in [7, 11) is 3.54. The summed E-state index contributed by atoms with van der Waals surface area (Å²) in [5.41, 5.74) is 7.13. The van der Waals surface area contributed by atoms with E-state index in [9.17, 15) is 40.5 Å². The Morgan fingerprint density at radius 1 is 0.593 bits per heavy atom. The van der Waals surface area contributed by atoms with Crippen molar-refractivity contribution in [3.8, 4) is 0 Å². The molecule has 0 fully saturated rings. The number of H-pyrrole nitrogens is 1. The van der Waals surface area contributed by atoms with E-state index in [1.165, 1.54) is 42.7 Å². The number of hydrogen-bond acceptors (Lipinski definition) is 10. The molecule has 294 valence electrons. The molecule has 0 amide bonds. The quantitative estimate of drug-likeness (QED) is 0.0950. The van der Waals surface area contributed by atoms with Crippen LogP contribution in [0.4, 0.5) is 28.4 Å². The molecule has 0 aliphatic carbocycles. The summed E-state index contributed by atoms with van der Waals surface area (Å²) >= 11 is 0. The van der Waals surface area contributed by atoms with Crippen molar-refractivity contribution in [3.05, 3.63) is 161 Å². The third-order valence-corrected chi connectivity index (χ3v) is 5.82. The predicted molar refractivity (Wildman–Crippen MR) is 222 cm³/mol. The van der Waals surface area contributed by atoms with E-state index in [-0.39, 0.29) is 22.7 Å². The molecule has 0 radical (unpaired) electrons. The van der Waals surface area contributed by atoms with E-state index < -0.39 is 19.7 Å². The highest BCUT2D eigenvalue weighted by Crippen LogP contribution is 2.26. The van der Waals surface area contributed by atoms with Gasteiger partial charge in [-0.2, -0.15) is 0 Å². The number of non-ortho nitro benzene ring substituents is 2. The van der Waals surface area contributed by atoms with E-state index in [0.29, 0.717) is 11.1 Å². The molecule has 4 aromatic carbocycles. The van der Waals surface area contributed by atoms with E-state index in [0.717, 1.165) is 23.3 Å². The molecule has 5 rings (SSSR count). The number of hydrogen-bond donors (Lipinski definition) is 2. The number of nitrogen functional groups attached to an aromatic ring is 1. The standard InChI is InChI=1S/C10H11N3O4.C8H8N2.C7H6N2O4.C6H6.4C2H6/c1-11(2)6-5-8-3-4-9(12(14)15)7-10(8)13(16)17;9-7-2-1-6-3-4-10-8(6)5-7;1-5-2-3-6(8(10)11)4-7(5)9(12)13;1-2-4-6-5-3-1;4*1-2/h3-7H,1-2H3;1-5,10H,9H2;2-4H,1H3;1-6H;4*1-2H3/b6-5+;;;;;;;. The molecule has 15 heteroatoms. The van der Waals surface area contributed by atoms with Gasteiger partial charge in [0.05, 0.1) is 37.4 Å². The van der Waals surface area contributed by atoms with Crippen molar-refractivity contribution >= 4 is 45.4 Å². The summed E-state index contributed by atoms with van der Waals surface area (Å²) in [6.45, 7) is 17.5. The van der Waals surface area contributed by atoms with Crippen LogP contribution in [0.15, 0.2) is 109 Å². The van der Waals surface area contributed by atoms with Crippen LogP contribution in [0, 0.1) is 47.4 Å². The molecule has 0 saturated carbocycles. The number of nitro groups is 4. The van der Waals surface area contributed by atoms with Crippen LogP contribution in [-0.2, 0) is 0 Å². The van der Waals surface area contributed by atoms with Gasteiger partial charge in [-0.15, -0.1) is 0 Å². The van der Waals surface area contributed by atoms with Crippen LogP contribution in [-0.4, -0.2) is 43.7 Å². The van der Waals surface area contributed by atoms with Gasteiger partial charge < -0.3 is 15.6 Å². The Kier molecular flexibility index (Phi) is 29.8. The van der Waals surface area contributed by atoms with Crippen LogP contribution in [0.3, 0.4) is 0 Å². The van der Waals surface area contributed by atoms with Crippen LogP contribution in [0.1, 0.15) is 66.5 Å². The molecular formula is C39H55N7O8. The minimum Gasteiger partial charge on any atom is -0.399 e. The van der Waals surface area contributed by atoms with Gasteiger partial charge in [0.2, 0.25) is 0 Å². The number of aromatic amines is 1. The van der Waals surface area contributed by atoms with E-state index in [4.69, 9.17) is 5.73 Å². The van der Waals surface area contributed by atoms with Crippen molar-refractivity contribution in [1.29, 1.82) is 0 Å². The summed E-state index contributed by atoms with van der Waals surface area (Å²) < 4.78 is 0. The molecule has 5 aromatic rings. The average Bonchev–Trinajstić information content (AvgIpc) is 3.66. The predicted octanol–water partition coefficient (Wildman–Crippen LogP) is 11.4. The molecule has 54 heavy (non-hydrogen) atoms. The van der Waals surface area contributed by atoms with Crippen molar-refractivity contribution in [3.63, 3.8) is 0 Å². The van der Waals surface area contributed by atoms with Gasteiger partial charge in [-0.25, -0.2) is 0 Å². The van der Waals surface area contributed by atoms with Gasteiger partial charge in [-0.05, 0) is 54.9 Å². The number of rotatable bonds is 6. The monoisotopic (exact) mass is 749 g/mol. The van der Waals surface area contributed by atoms with Crippen molar-refractivity contribution in [2.75, 3.05) is 19.8 Å². The average molecular weight is 750 g/mol. The van der Waals surface area contributed by atoms with Crippen LogP contribution in [0.25, 0.3) is 17.0 Å². The second-order valence-corrected chi connectivity index (χ2v) is 9.50. The molecule has 0 atom stereocenters. The Morgan fingerprint density at radius 2 is 1.04 bits per heavy atom. The largest absolute Gasteiger partial charge is 0.399 e. The van der Waals surface area contributed by atoms with Gasteiger partial charge in [-0.3, -0.25) is 40.5 Å². The zero-order valence-corrected chi connectivity index (χ0v) is 33.0. The number of nitrogens with one attached hydrogen (secondary N) is 1. The number of nitro benzene ring substituents is 4. The Balaban J connectivity index is -0.000000627. The van der Waals surface area contributed by atoms with Crippen LogP contribution in [0.2, 0.25) is 0 Å². The van der Waals surface area contributed by atoms with Crippen LogP contribution in [0.5, 0.6) is 0 Å². The lowest BCUT2D eigenvalue weighted by Crippen LogP contribution is -2.00. The lowest BCUT2D eigenvalue weighted by molar-refractivity contribution is -0.394. The Hall–Kier alpha value is -6.64. The summed E-state index contributed by atoms with van der Waals surface area (Å²) in [6.07, 6.45) is 5.07. The minimum absolute atomic E-state index is 0.228. The number of fused-ring (bicyclic) bond motifs is 1. The first-order valence-corrected chi connectivity index (χ1v) is 17.3. The first kappa shape index (κ1) is 51.7. The zero-order chi connectivity index (χ0) is 42.2. The lowest BCUT2D eigenvalue weighted by Gasteiger charge is -2.03. The van der Waals surface area contributed by atoms with Crippen molar-refractivity contribution < 1.29 is 19.7 Å². The molecule has 1 aromatic heterocycles. The van der Waals surface area contributed by atoms with Gasteiger partial charge in [-0.1, -0.05) is 97.9 Å². The Bertz CT molecular complexity index is 1800. The van der Waals surface area contributed by atoms with E-state index in [1.54, 1.807) is 25.2 Å². The van der Waals surface area contributed by atoms with Gasteiger partial charge in [0.15, 0.2) is 0 Å². The molecule has 15 nitrogen and oxygen atoms in total. The molecule has 0 aliphatic rings. The summed E-state index contributed by atoms with van der Waals surface area (Å²) in [5, 5.41) is 43.1. The van der Waals surface area contributed by atoms with E-state index in [1.807, 2.05) is 122 Å². The molecule has 3 N–H and O–H groups in total. The lowest BCUT2D eigenvalue weighted by atomic mass is 10.1. The third kappa shape index (κ3) is 20.9. The SMILES string of the molecule is CC.CC.CC.CC.CN(C)/C=C/c1ccc([N+](=O)[O-])cc1[N+](=O)[O-].Cc1ccc([N+](=O)[O-])cc1[N+](=O)[O-].Nc1ccc2cc[nH]c2c1.c1ccccc1. The number of aryl methyl sites for hydroxylation is 1. The highest BCUT2D eigenvalue weighted by atomic mass is 16.6. The normalized spacial score (nSPS) is 8.87. The summed E-state index contributed by atoms with van der Waals surface area (Å²) in [6, 6.07) is 26.9. The molecular weight excluding hydrogens is 694 g/mol. The number of anilines is 1. The van der Waals surface area contributed by atoms with Crippen LogP contribution < -0.4 is 5.73 Å². The fourth-order valence-corrected chi connectivity index (χ4v) is 3.53. The number of benzene rings is 4. The number of aromatic nitrogens is 1. The Morgan fingerprint density at radius 3 is 1.46 bits per heavy atom. The van der Waals surface area contributed by atoms with Gasteiger partial charge in [0.25, 0.3) is 22.7 Å². The topological polar surface area (TPSA) is 218 Å². The van der Waals surface area contributed by atoms with Crippen molar-refractivity contribution in [1.82, 2.24) is 9.88 Å². The van der Waals surface area contributed by atoms with Gasteiger partial charge in [0.1, 0.15) is 0 Å². The minimum atomic E-state index is -0.660. The maximum absolute atomic E-state index is 10.8. The first-order valence-electron chi connectivity index (χ1n) is 17.3. The molecule has 0 aliphatic heterocycles. The third-order valence-electron chi connectivity index (χ3n) is 5.82. The second-order valence-electron chi connectivity index (χ2n) is 9.50. The van der Waals surface area contributed by atoms with Crippen LogP contribution >= 0.6 is 0 Å². The highest BCUT2D eigenvalue weighted by molar-refractivity contribution is 5.82. The fourth-order valence-electron chi connectivity index (χ4n) is 3.53. The molecule has 0 spiro atoms. The zero-order valence-electron chi connectivity index (χ0n) is 33.0. The molecule has 0 bridgehead atoms. The first-order chi connectivity index (χ1) is 25.8. The van der Waals surface area contributed by atoms with Crippen molar-refractivity contribution in [2.24, 2.45) is 0 Å². The van der Waals surface area contributed by atoms with Gasteiger partial charge >= 0.3 is 0 Å². The van der Waals surface area contributed by atoms with E-state index >= 15 is 0 Å². The number of nitrogens with zero attached hydrogens (tertiary/aromatic N) is 5. The fraction of sp³-hybridized carbons (Fsp3) is 0.282. The van der Waals surface area contributed by atoms with E-state index in [2.05, 4.69) is 4.98 Å². The Labute approximate surface area is 317 Å². The van der Waals surface area contributed by atoms with Gasteiger partial charge in [0, 0.05) is 49.2 Å². The smallest absolute Gasteiger partial charge is 0.283 e. The molecule has 0 saturated heterocycles. The maximum Gasteiger partial charge on any atom is 0.283 e. The van der Waals surface area contributed by atoms with Crippen molar-refractivity contribution in [2.45, 2.75) is 62.3 Å². The highest BCUT2D eigenvalue weighted by Gasteiger charge is 2.18.